The molecule has 0 aromatic heterocycles. The van der Waals surface area contributed by atoms with Gasteiger partial charge in [0.15, 0.2) is 0 Å². The monoisotopic (exact) mass is 312 g/mol. The number of nitrogens with zero attached hydrogens (tertiary/aromatic N) is 1. The van der Waals surface area contributed by atoms with E-state index in [1.807, 2.05) is 25.1 Å². The summed E-state index contributed by atoms with van der Waals surface area (Å²) in [6, 6.07) is 5.63. The van der Waals surface area contributed by atoms with Gasteiger partial charge in [0.25, 0.3) is 0 Å². The second kappa shape index (κ2) is 5.71. The van der Waals surface area contributed by atoms with Crippen LogP contribution in [0, 0.1) is 0 Å². The molecule has 0 radical (unpaired) electrons. The predicted molar refractivity (Wildman–Crippen MR) is 74.5 cm³/mol. The third kappa shape index (κ3) is 2.52. The first-order chi connectivity index (χ1) is 8.67. The van der Waals surface area contributed by atoms with Crippen LogP contribution in [0.25, 0.3) is 0 Å². The van der Waals surface area contributed by atoms with Gasteiger partial charge in [-0.25, -0.2) is 0 Å². The van der Waals surface area contributed by atoms with Crippen molar-refractivity contribution in [3.05, 3.63) is 28.2 Å². The molecule has 1 amide bonds. The number of amides is 1. The fraction of sp³-hybridized carbons (Fsp3) is 0.462. The number of piperazine rings is 1. The smallest absolute Gasteiger partial charge is 0.242 e. The first-order valence-corrected chi connectivity index (χ1v) is 6.90. The van der Waals surface area contributed by atoms with Crippen molar-refractivity contribution >= 4 is 27.5 Å². The molecular weight excluding hydrogens is 296 g/mol. The molecule has 0 saturated carbocycles. The molecule has 2 N–H and O–H groups in total. The number of hydrogen-bond acceptors (Lipinski definition) is 3. The summed E-state index contributed by atoms with van der Waals surface area (Å²) in [6.07, 6.45) is 0.778. The lowest BCUT2D eigenvalue weighted by Crippen LogP contribution is -2.55. The fourth-order valence-electron chi connectivity index (χ4n) is 2.29. The standard InChI is InChI=1S/C13H17BrN2O2/c1-2-11-13(18)15-5-6-16(11)12-4-3-9(8-17)7-10(12)14/h3-4,7,11,17H,2,5-6,8H2,1H3,(H,15,18). The van der Waals surface area contributed by atoms with E-state index in [2.05, 4.69) is 26.1 Å². The lowest BCUT2D eigenvalue weighted by molar-refractivity contribution is -0.123. The van der Waals surface area contributed by atoms with Crippen LogP contribution < -0.4 is 10.2 Å². The number of aliphatic hydroxyl groups excluding tert-OH is 1. The van der Waals surface area contributed by atoms with E-state index in [4.69, 9.17) is 5.11 Å². The molecule has 1 heterocycles. The Morgan fingerprint density at radius 3 is 2.94 bits per heavy atom. The third-order valence-electron chi connectivity index (χ3n) is 3.22. The Kier molecular flexibility index (Phi) is 4.24. The highest BCUT2D eigenvalue weighted by Gasteiger charge is 2.29. The van der Waals surface area contributed by atoms with Crippen molar-refractivity contribution in [1.29, 1.82) is 0 Å². The molecule has 1 aromatic carbocycles. The molecule has 1 atom stereocenters. The Morgan fingerprint density at radius 2 is 2.33 bits per heavy atom. The van der Waals surface area contributed by atoms with E-state index in [1.165, 1.54) is 0 Å². The highest BCUT2D eigenvalue weighted by Crippen LogP contribution is 2.30. The lowest BCUT2D eigenvalue weighted by atomic mass is 10.1. The van der Waals surface area contributed by atoms with Gasteiger partial charge in [-0.15, -0.1) is 0 Å². The summed E-state index contributed by atoms with van der Waals surface area (Å²) in [5.74, 6) is 0.0851. The molecule has 1 aliphatic heterocycles. The van der Waals surface area contributed by atoms with Crippen LogP contribution in [0.5, 0.6) is 0 Å². The van der Waals surface area contributed by atoms with Crippen molar-refractivity contribution in [1.82, 2.24) is 5.32 Å². The largest absolute Gasteiger partial charge is 0.392 e. The van der Waals surface area contributed by atoms with Crippen molar-refractivity contribution in [2.75, 3.05) is 18.0 Å². The first-order valence-electron chi connectivity index (χ1n) is 6.11. The van der Waals surface area contributed by atoms with Gasteiger partial charge in [-0.1, -0.05) is 13.0 Å². The molecule has 0 spiro atoms. The molecule has 0 bridgehead atoms. The summed E-state index contributed by atoms with van der Waals surface area (Å²) in [4.78, 5) is 14.0. The van der Waals surface area contributed by atoms with Gasteiger partial charge in [0.05, 0.1) is 12.3 Å². The Bertz CT molecular complexity index is 451. The zero-order valence-electron chi connectivity index (χ0n) is 10.3. The third-order valence-corrected chi connectivity index (χ3v) is 3.86. The van der Waals surface area contributed by atoms with Crippen molar-refractivity contribution in [3.8, 4) is 0 Å². The fourth-order valence-corrected chi connectivity index (χ4v) is 2.94. The number of rotatable bonds is 3. The maximum atomic E-state index is 11.8. The van der Waals surface area contributed by atoms with Crippen molar-refractivity contribution < 1.29 is 9.90 Å². The number of anilines is 1. The normalized spacial score (nSPS) is 19.8. The van der Waals surface area contributed by atoms with E-state index >= 15 is 0 Å². The summed E-state index contributed by atoms with van der Waals surface area (Å²) in [6.45, 7) is 3.51. The highest BCUT2D eigenvalue weighted by molar-refractivity contribution is 9.10. The van der Waals surface area contributed by atoms with Crippen molar-refractivity contribution in [3.63, 3.8) is 0 Å². The van der Waals surface area contributed by atoms with Gasteiger partial charge in [-0.3, -0.25) is 4.79 Å². The van der Waals surface area contributed by atoms with Gasteiger partial charge >= 0.3 is 0 Å². The van der Waals surface area contributed by atoms with E-state index in [9.17, 15) is 4.79 Å². The van der Waals surface area contributed by atoms with E-state index in [1.54, 1.807) is 0 Å². The quantitative estimate of drug-likeness (QED) is 0.892. The minimum Gasteiger partial charge on any atom is -0.392 e. The van der Waals surface area contributed by atoms with Crippen LogP contribution in [0.2, 0.25) is 0 Å². The zero-order valence-corrected chi connectivity index (χ0v) is 11.9. The van der Waals surface area contributed by atoms with Gasteiger partial charge in [0, 0.05) is 17.6 Å². The molecule has 5 heteroatoms. The lowest BCUT2D eigenvalue weighted by Gasteiger charge is -2.37. The number of hydrogen-bond donors (Lipinski definition) is 2. The maximum absolute atomic E-state index is 11.8. The summed E-state index contributed by atoms with van der Waals surface area (Å²) in [7, 11) is 0. The highest BCUT2D eigenvalue weighted by atomic mass is 79.9. The van der Waals surface area contributed by atoms with Gasteiger partial charge in [-0.05, 0) is 40.0 Å². The number of aliphatic hydroxyl groups is 1. The average Bonchev–Trinajstić information content (AvgIpc) is 2.38. The Labute approximate surface area is 115 Å². The van der Waals surface area contributed by atoms with Crippen LogP contribution in [0.15, 0.2) is 22.7 Å². The van der Waals surface area contributed by atoms with Gasteiger partial charge in [0.1, 0.15) is 6.04 Å². The maximum Gasteiger partial charge on any atom is 0.242 e. The number of nitrogens with one attached hydrogen (secondary N) is 1. The summed E-state index contributed by atoms with van der Waals surface area (Å²) in [5, 5.41) is 12.0. The summed E-state index contributed by atoms with van der Waals surface area (Å²) < 4.78 is 0.919. The minimum absolute atomic E-state index is 0.0244. The van der Waals surface area contributed by atoms with Crippen LogP contribution in [0.3, 0.4) is 0 Å². The molecule has 1 unspecified atom stereocenters. The van der Waals surface area contributed by atoms with Gasteiger partial charge in [0.2, 0.25) is 5.91 Å². The predicted octanol–water partition coefficient (Wildman–Crippen LogP) is 1.66. The molecule has 1 aliphatic rings. The molecule has 1 saturated heterocycles. The SMILES string of the molecule is CCC1C(=O)NCCN1c1ccc(CO)cc1Br. The molecule has 1 aromatic rings. The zero-order chi connectivity index (χ0) is 13.1. The van der Waals surface area contributed by atoms with Crippen molar-refractivity contribution in [2.45, 2.75) is 26.0 Å². The Morgan fingerprint density at radius 1 is 1.56 bits per heavy atom. The molecule has 2 rings (SSSR count). The molecule has 1 fully saturated rings. The van der Waals surface area contributed by atoms with Gasteiger partial charge in [-0.2, -0.15) is 0 Å². The number of benzene rings is 1. The topological polar surface area (TPSA) is 52.6 Å². The second-order valence-electron chi connectivity index (χ2n) is 4.35. The average molecular weight is 313 g/mol. The Balaban J connectivity index is 2.31. The van der Waals surface area contributed by atoms with Crippen LogP contribution >= 0.6 is 15.9 Å². The molecule has 98 valence electrons. The Hall–Kier alpha value is -1.07. The number of carbonyl (C=O) groups excluding carboxylic acids is 1. The number of halogens is 1. The second-order valence-corrected chi connectivity index (χ2v) is 5.21. The van der Waals surface area contributed by atoms with Crippen LogP contribution in [0.4, 0.5) is 5.69 Å². The van der Waals surface area contributed by atoms with E-state index in [0.717, 1.165) is 28.7 Å². The number of carbonyl (C=O) groups is 1. The molecular formula is C13H17BrN2O2. The van der Waals surface area contributed by atoms with Gasteiger partial charge < -0.3 is 15.3 Å². The van der Waals surface area contributed by atoms with Crippen LogP contribution in [-0.4, -0.2) is 30.1 Å². The van der Waals surface area contributed by atoms with E-state index in [-0.39, 0.29) is 18.6 Å². The molecule has 18 heavy (non-hydrogen) atoms. The first kappa shape index (κ1) is 13.4. The van der Waals surface area contributed by atoms with Crippen LogP contribution in [-0.2, 0) is 11.4 Å². The van der Waals surface area contributed by atoms with Crippen LogP contribution in [0.1, 0.15) is 18.9 Å². The van der Waals surface area contributed by atoms with Crippen molar-refractivity contribution in [2.24, 2.45) is 0 Å². The van der Waals surface area contributed by atoms with E-state index < -0.39 is 0 Å². The molecule has 0 aliphatic carbocycles. The van der Waals surface area contributed by atoms with E-state index in [0.29, 0.717) is 6.54 Å². The summed E-state index contributed by atoms with van der Waals surface area (Å²) >= 11 is 3.52. The summed E-state index contributed by atoms with van der Waals surface area (Å²) in [5.41, 5.74) is 1.87. The molecule has 4 nitrogen and oxygen atoms in total. The minimum atomic E-state index is -0.116.